The second kappa shape index (κ2) is 6.58. The van der Waals surface area contributed by atoms with E-state index >= 15 is 0 Å². The molecule has 0 bridgehead atoms. The van der Waals surface area contributed by atoms with Gasteiger partial charge in [-0.3, -0.25) is 15.1 Å². The normalized spacial score (nSPS) is 12.1. The number of likely N-dealkylation sites (N-methyl/N-ethyl adjacent to an activating group) is 1. The summed E-state index contributed by atoms with van der Waals surface area (Å²) in [6.45, 7) is 0. The maximum absolute atomic E-state index is 10.7. The first kappa shape index (κ1) is 14.6. The van der Waals surface area contributed by atoms with Crippen molar-refractivity contribution < 1.29 is 4.92 Å². The minimum atomic E-state index is -0.450. The Hall–Kier alpha value is -1.79. The summed E-state index contributed by atoms with van der Waals surface area (Å²) < 4.78 is 0.655. The monoisotopic (exact) mass is 335 g/mol. The topological polar surface area (TPSA) is 68.1 Å². The summed E-state index contributed by atoms with van der Waals surface area (Å²) in [5.41, 5.74) is 1.93. The molecule has 0 radical (unpaired) electrons. The maximum Gasteiger partial charge on any atom is 0.288 e. The van der Waals surface area contributed by atoms with Gasteiger partial charge in [-0.2, -0.15) is 0 Å². The molecule has 1 unspecified atom stereocenters. The molecule has 6 heteroatoms. The van der Waals surface area contributed by atoms with Gasteiger partial charge in [0.15, 0.2) is 0 Å². The summed E-state index contributed by atoms with van der Waals surface area (Å²) in [6.07, 6.45) is 1.94. The number of hydrogen-bond donors (Lipinski definition) is 1. The van der Waals surface area contributed by atoms with E-state index in [-0.39, 0.29) is 11.7 Å². The van der Waals surface area contributed by atoms with Gasteiger partial charge in [0, 0.05) is 23.0 Å². The summed E-state index contributed by atoms with van der Waals surface area (Å²) in [5.74, 6) is 0. The first-order valence-corrected chi connectivity index (χ1v) is 6.92. The first-order chi connectivity index (χ1) is 9.61. The zero-order valence-corrected chi connectivity index (χ0v) is 12.5. The highest BCUT2D eigenvalue weighted by atomic mass is 79.9. The molecule has 20 heavy (non-hydrogen) atoms. The number of rotatable bonds is 5. The van der Waals surface area contributed by atoms with Crippen molar-refractivity contribution in [3.8, 4) is 0 Å². The van der Waals surface area contributed by atoms with E-state index in [9.17, 15) is 10.1 Å². The molecule has 0 aliphatic heterocycles. The molecule has 0 spiro atoms. The van der Waals surface area contributed by atoms with Crippen LogP contribution in [0.3, 0.4) is 0 Å². The minimum Gasteiger partial charge on any atom is -0.313 e. The molecule has 1 atom stereocenters. The van der Waals surface area contributed by atoms with Gasteiger partial charge in [0.2, 0.25) is 0 Å². The van der Waals surface area contributed by atoms with Crippen LogP contribution in [0, 0.1) is 10.1 Å². The summed E-state index contributed by atoms with van der Waals surface area (Å²) in [5, 5.41) is 13.9. The van der Waals surface area contributed by atoms with E-state index in [0.29, 0.717) is 10.9 Å². The number of nitro groups is 1. The molecule has 0 amide bonds. The Bertz CT molecular complexity index is 605. The molecule has 1 aromatic heterocycles. The van der Waals surface area contributed by atoms with E-state index in [2.05, 4.69) is 26.2 Å². The average Bonchev–Trinajstić information content (AvgIpc) is 2.46. The lowest BCUT2D eigenvalue weighted by Gasteiger charge is -2.16. The van der Waals surface area contributed by atoms with Crippen molar-refractivity contribution in [2.75, 3.05) is 7.05 Å². The predicted molar refractivity (Wildman–Crippen MR) is 80.5 cm³/mol. The van der Waals surface area contributed by atoms with Crippen molar-refractivity contribution in [3.63, 3.8) is 0 Å². The Morgan fingerprint density at radius 2 is 2.10 bits per heavy atom. The molecule has 5 nitrogen and oxygen atoms in total. The molecule has 2 rings (SSSR count). The van der Waals surface area contributed by atoms with Gasteiger partial charge in [-0.1, -0.05) is 30.3 Å². The smallest absolute Gasteiger partial charge is 0.288 e. The molecule has 0 saturated carbocycles. The Morgan fingerprint density at radius 1 is 1.40 bits per heavy atom. The van der Waals surface area contributed by atoms with Crippen molar-refractivity contribution in [3.05, 3.63) is 68.4 Å². The van der Waals surface area contributed by atoms with E-state index in [1.54, 1.807) is 0 Å². The van der Waals surface area contributed by atoms with Crippen LogP contribution in [0.2, 0.25) is 0 Å². The van der Waals surface area contributed by atoms with Crippen LogP contribution in [-0.4, -0.2) is 17.0 Å². The summed E-state index contributed by atoms with van der Waals surface area (Å²) in [7, 11) is 1.89. The van der Waals surface area contributed by atoms with Crippen LogP contribution in [0.5, 0.6) is 0 Å². The number of nitrogens with one attached hydrogen (secondary N) is 1. The van der Waals surface area contributed by atoms with Crippen molar-refractivity contribution in [2.24, 2.45) is 0 Å². The van der Waals surface area contributed by atoms with Crippen molar-refractivity contribution in [1.29, 1.82) is 0 Å². The molecule has 1 heterocycles. The van der Waals surface area contributed by atoms with Crippen LogP contribution in [0.15, 0.2) is 47.1 Å². The van der Waals surface area contributed by atoms with E-state index in [1.807, 2.05) is 37.4 Å². The fourth-order valence-electron chi connectivity index (χ4n) is 1.97. The van der Waals surface area contributed by atoms with Gasteiger partial charge in [0.05, 0.1) is 10.6 Å². The summed E-state index contributed by atoms with van der Waals surface area (Å²) in [6, 6.07) is 11.6. The molecule has 2 aromatic rings. The second-order valence-electron chi connectivity index (χ2n) is 4.34. The Labute approximate surface area is 125 Å². The van der Waals surface area contributed by atoms with E-state index in [1.165, 1.54) is 12.3 Å². The predicted octanol–water partition coefficient (Wildman–Crippen LogP) is 3.26. The van der Waals surface area contributed by atoms with Gasteiger partial charge < -0.3 is 5.32 Å². The van der Waals surface area contributed by atoms with Gasteiger partial charge in [0.25, 0.3) is 5.69 Å². The van der Waals surface area contributed by atoms with Gasteiger partial charge in [0.1, 0.15) is 6.20 Å². The summed E-state index contributed by atoms with van der Waals surface area (Å²) >= 11 is 3.35. The molecule has 104 valence electrons. The third kappa shape index (κ3) is 3.40. The number of aromatic nitrogens is 1. The molecular formula is C14H14BrN3O2. The standard InChI is InChI=1S/C14H14BrN3O2/c1-16-13(10-5-3-2-4-6-10)8-14-12(15)7-11(9-17-14)18(19)20/h2-7,9,13,16H,8H2,1H3. The molecular weight excluding hydrogens is 322 g/mol. The third-order valence-corrected chi connectivity index (χ3v) is 3.75. The lowest BCUT2D eigenvalue weighted by molar-refractivity contribution is -0.385. The van der Waals surface area contributed by atoms with Crippen LogP contribution in [0.25, 0.3) is 0 Å². The van der Waals surface area contributed by atoms with Crippen molar-refractivity contribution in [1.82, 2.24) is 10.3 Å². The Kier molecular flexibility index (Phi) is 4.81. The van der Waals surface area contributed by atoms with Crippen LogP contribution < -0.4 is 5.32 Å². The van der Waals surface area contributed by atoms with Gasteiger partial charge in [-0.25, -0.2) is 0 Å². The first-order valence-electron chi connectivity index (χ1n) is 6.13. The minimum absolute atomic E-state index is 0.0126. The number of benzene rings is 1. The fraction of sp³-hybridized carbons (Fsp3) is 0.214. The fourth-order valence-corrected chi connectivity index (χ4v) is 2.47. The van der Waals surface area contributed by atoms with Gasteiger partial charge in [-0.05, 0) is 28.5 Å². The number of halogens is 1. The second-order valence-corrected chi connectivity index (χ2v) is 5.19. The zero-order chi connectivity index (χ0) is 14.5. The SMILES string of the molecule is CNC(Cc1ncc([N+](=O)[O-])cc1Br)c1ccccc1. The summed E-state index contributed by atoms with van der Waals surface area (Å²) in [4.78, 5) is 14.4. The highest BCUT2D eigenvalue weighted by Crippen LogP contribution is 2.25. The van der Waals surface area contributed by atoms with E-state index in [0.717, 1.165) is 11.3 Å². The largest absolute Gasteiger partial charge is 0.313 e. The maximum atomic E-state index is 10.7. The Balaban J connectivity index is 2.22. The molecule has 0 saturated heterocycles. The van der Waals surface area contributed by atoms with Crippen LogP contribution in [0.4, 0.5) is 5.69 Å². The van der Waals surface area contributed by atoms with Gasteiger partial charge in [-0.15, -0.1) is 0 Å². The highest BCUT2D eigenvalue weighted by molar-refractivity contribution is 9.10. The average molecular weight is 336 g/mol. The van der Waals surface area contributed by atoms with Crippen LogP contribution in [0.1, 0.15) is 17.3 Å². The third-order valence-electron chi connectivity index (χ3n) is 3.06. The zero-order valence-electron chi connectivity index (χ0n) is 10.9. The molecule has 0 aliphatic rings. The van der Waals surface area contributed by atoms with Crippen LogP contribution >= 0.6 is 15.9 Å². The van der Waals surface area contributed by atoms with Crippen molar-refractivity contribution in [2.45, 2.75) is 12.5 Å². The van der Waals surface area contributed by atoms with Crippen molar-refractivity contribution >= 4 is 21.6 Å². The molecule has 1 N–H and O–H groups in total. The lowest BCUT2D eigenvalue weighted by Crippen LogP contribution is -2.19. The number of nitrogens with zero attached hydrogens (tertiary/aromatic N) is 2. The quantitative estimate of drug-likeness (QED) is 0.672. The Morgan fingerprint density at radius 3 is 2.65 bits per heavy atom. The molecule has 0 fully saturated rings. The van der Waals surface area contributed by atoms with Gasteiger partial charge >= 0.3 is 0 Å². The lowest BCUT2D eigenvalue weighted by atomic mass is 10.0. The number of pyridine rings is 1. The van der Waals surface area contributed by atoms with E-state index in [4.69, 9.17) is 0 Å². The molecule has 1 aromatic carbocycles. The van der Waals surface area contributed by atoms with Crippen LogP contribution in [-0.2, 0) is 6.42 Å². The van der Waals surface area contributed by atoms with E-state index < -0.39 is 4.92 Å². The number of hydrogen-bond acceptors (Lipinski definition) is 4. The molecule has 0 aliphatic carbocycles. The highest BCUT2D eigenvalue weighted by Gasteiger charge is 2.15.